The average molecular weight is 913 g/mol. The average Bonchev–Trinajstić information content (AvgIpc) is 3.98. The molecule has 0 spiro atoms. The van der Waals surface area contributed by atoms with Gasteiger partial charge in [-0.1, -0.05) is 159 Å². The molecular weight excluding hydrogens is 872 g/mol. The molecule has 3 aliphatic heterocycles. The van der Waals surface area contributed by atoms with Crippen LogP contribution in [0, 0.1) is 6.33 Å². The largest absolute Gasteiger partial charge is 0.458 e. The van der Waals surface area contributed by atoms with Crippen LogP contribution in [-0.4, -0.2) is 20.8 Å². The maximum atomic E-state index is 6.94. The number of fused-ring (bicyclic) bond motifs is 10. The predicted molar refractivity (Wildman–Crippen MR) is 283 cm³/mol. The Kier molecular flexibility index (Phi) is 8.37. The number of hydrogen-bond donors (Lipinski definition) is 0. The lowest BCUT2D eigenvalue weighted by Crippen LogP contribution is -2.57. The minimum Gasteiger partial charge on any atom is -0.458 e. The first-order valence-corrected chi connectivity index (χ1v) is 24.1. The van der Waals surface area contributed by atoms with Crippen molar-refractivity contribution < 1.29 is 18.8 Å². The molecule has 0 saturated heterocycles. The molecule has 8 heteroatoms. The molecule has 6 heterocycles. The first kappa shape index (κ1) is 39.8. The summed E-state index contributed by atoms with van der Waals surface area (Å²) >= 11 is 0. The van der Waals surface area contributed by atoms with Gasteiger partial charge in [0, 0.05) is 34.6 Å². The predicted octanol–water partition coefficient (Wildman–Crippen LogP) is 12.7. The summed E-state index contributed by atoms with van der Waals surface area (Å²) in [5.41, 5.74) is 16.9. The molecule has 3 aromatic heterocycles. The number of ether oxygens (including phenoxy) is 3. The fourth-order valence-corrected chi connectivity index (χ4v) is 11.8. The zero-order chi connectivity index (χ0) is 47.0. The number of benzene rings is 9. The van der Waals surface area contributed by atoms with Gasteiger partial charge in [0.15, 0.2) is 0 Å². The van der Waals surface area contributed by atoms with Crippen molar-refractivity contribution in [3.8, 4) is 73.8 Å². The van der Waals surface area contributed by atoms with Gasteiger partial charge in [-0.15, -0.1) is 0 Å². The van der Waals surface area contributed by atoms with E-state index in [1.165, 1.54) is 11.1 Å². The number of hydrogen-bond acceptors (Lipinski definition) is 4. The number of aromatic nitrogens is 4. The van der Waals surface area contributed by atoms with Crippen LogP contribution in [0.2, 0.25) is 0 Å². The van der Waals surface area contributed by atoms with Crippen molar-refractivity contribution in [2.45, 2.75) is 19.3 Å². The van der Waals surface area contributed by atoms with Crippen molar-refractivity contribution in [3.63, 3.8) is 0 Å². The minimum atomic E-state index is -0.311. The molecule has 3 aliphatic rings. The highest BCUT2D eigenvalue weighted by molar-refractivity contribution is 6.98. The summed E-state index contributed by atoms with van der Waals surface area (Å²) in [5.74, 6) is 4.69. The van der Waals surface area contributed by atoms with E-state index in [4.69, 9.17) is 19.2 Å². The summed E-state index contributed by atoms with van der Waals surface area (Å²) in [6, 6.07) is 72.3. The van der Waals surface area contributed by atoms with Gasteiger partial charge in [0.1, 0.15) is 40.1 Å². The van der Waals surface area contributed by atoms with Crippen LogP contribution in [0.4, 0.5) is 0 Å². The molecule has 0 atom stereocenters. The molecule has 71 heavy (non-hydrogen) atoms. The number of para-hydroxylation sites is 4. The Morgan fingerprint density at radius 2 is 1.27 bits per heavy atom. The lowest BCUT2D eigenvalue weighted by molar-refractivity contribution is -0.571. The summed E-state index contributed by atoms with van der Waals surface area (Å²) in [4.78, 5) is 5.02. The van der Waals surface area contributed by atoms with Gasteiger partial charge in [-0.25, -0.2) is 4.98 Å². The quantitative estimate of drug-likeness (QED) is 0.0947. The molecule has 12 aromatic rings. The van der Waals surface area contributed by atoms with Crippen LogP contribution in [0.3, 0.4) is 0 Å². The number of pyridine rings is 1. The van der Waals surface area contributed by atoms with Crippen molar-refractivity contribution in [2.75, 3.05) is 0 Å². The van der Waals surface area contributed by atoms with E-state index in [1.54, 1.807) is 0 Å². The van der Waals surface area contributed by atoms with E-state index in [2.05, 4.69) is 210 Å². The molecule has 0 radical (unpaired) electrons. The Labute approximate surface area is 410 Å². The third-order valence-electron chi connectivity index (χ3n) is 14.9. The van der Waals surface area contributed by atoms with E-state index >= 15 is 0 Å². The molecule has 0 amide bonds. The third-order valence-corrected chi connectivity index (χ3v) is 14.9. The Morgan fingerprint density at radius 1 is 0.592 bits per heavy atom. The van der Waals surface area contributed by atoms with E-state index < -0.39 is 0 Å². The van der Waals surface area contributed by atoms with Crippen molar-refractivity contribution >= 4 is 56.1 Å². The molecule has 0 unspecified atom stereocenters. The van der Waals surface area contributed by atoms with Crippen LogP contribution >= 0.6 is 0 Å². The molecule has 15 rings (SSSR count). The number of rotatable bonds is 6. The fraction of sp³-hybridized carbons (Fsp3) is 0.0476. The van der Waals surface area contributed by atoms with Crippen LogP contribution in [0.1, 0.15) is 25.0 Å². The molecule has 7 nitrogen and oxygen atoms in total. The lowest BCUT2D eigenvalue weighted by atomic mass is 9.35. The standard InChI is InChI=1S/C63H41BN4O3/c1-63(2)47-33-32-43(36-52(47)67-38-66(51-29-15-26-48(63)60(51)67)59-44(39-17-5-3-6-18-39)23-14-24-45(59)40-19-7-4-8-20-40)69-42-22-13-21-41(35-42)68-53-37-56-58-61(57(53)46-25-16-34-65-62(46)68)71-55-31-12-10-28-50(55)64(58)49-27-9-11-30-54(49)70-56/h3-37H,1-2H3. The molecule has 9 aromatic carbocycles. The van der Waals surface area contributed by atoms with Gasteiger partial charge >= 0.3 is 0 Å². The van der Waals surface area contributed by atoms with Gasteiger partial charge in [0.25, 0.3) is 13.0 Å². The van der Waals surface area contributed by atoms with Crippen LogP contribution in [0.25, 0.3) is 72.3 Å². The molecule has 334 valence electrons. The summed E-state index contributed by atoms with van der Waals surface area (Å²) in [5, 5.41) is 1.99. The molecule has 0 N–H and O–H groups in total. The Morgan fingerprint density at radius 3 is 2.03 bits per heavy atom. The van der Waals surface area contributed by atoms with Gasteiger partial charge in [-0.2, -0.15) is 0 Å². The second-order valence-corrected chi connectivity index (χ2v) is 19.2. The highest BCUT2D eigenvalue weighted by atomic mass is 16.5. The smallest absolute Gasteiger partial charge is 0.269 e. The topological polar surface area (TPSA) is 54.3 Å². The highest BCUT2D eigenvalue weighted by Crippen LogP contribution is 2.47. The van der Waals surface area contributed by atoms with Crippen molar-refractivity contribution in [3.05, 3.63) is 230 Å². The third kappa shape index (κ3) is 5.79. The lowest BCUT2D eigenvalue weighted by Gasteiger charge is -2.34. The summed E-state index contributed by atoms with van der Waals surface area (Å²) in [6.07, 6.45) is 5.76. The van der Waals surface area contributed by atoms with Gasteiger partial charge in [-0.3, -0.25) is 13.7 Å². The van der Waals surface area contributed by atoms with Crippen LogP contribution in [-0.2, 0) is 5.41 Å². The normalized spacial score (nSPS) is 13.5. The SMILES string of the molecule is CC1(C)c2ccc(Oc3cccc(-n4c5cc6c7c(c5c5cccnc54)Oc4ccccc4B7c4ccccc4O6)c3)cc2-n2[c-][n+](-c3c(-c4ccccc4)cccc3-c3ccccc3)c3cccc1c32. The summed E-state index contributed by atoms with van der Waals surface area (Å²) < 4.78 is 27.4. The Hall–Kier alpha value is -9.14. The van der Waals surface area contributed by atoms with E-state index in [0.29, 0.717) is 5.75 Å². The van der Waals surface area contributed by atoms with Gasteiger partial charge in [-0.05, 0) is 92.8 Å². The van der Waals surface area contributed by atoms with Gasteiger partial charge in [0.05, 0.1) is 39.0 Å². The van der Waals surface area contributed by atoms with Crippen LogP contribution in [0.5, 0.6) is 34.5 Å². The fourth-order valence-electron chi connectivity index (χ4n) is 11.8. The molecule has 0 bridgehead atoms. The van der Waals surface area contributed by atoms with Gasteiger partial charge < -0.3 is 14.2 Å². The number of imidazole rings is 1. The van der Waals surface area contributed by atoms with Crippen molar-refractivity contribution in [2.24, 2.45) is 0 Å². The highest BCUT2D eigenvalue weighted by Gasteiger charge is 2.42. The molecular formula is C63H41BN4O3. The van der Waals surface area contributed by atoms with E-state index in [1.807, 2.05) is 36.5 Å². The second kappa shape index (κ2) is 14.9. The summed E-state index contributed by atoms with van der Waals surface area (Å²) in [7, 11) is 0. The molecule has 0 saturated carbocycles. The Balaban J connectivity index is 0.869. The zero-order valence-electron chi connectivity index (χ0n) is 38.8. The zero-order valence-corrected chi connectivity index (χ0v) is 38.8. The van der Waals surface area contributed by atoms with Gasteiger partial charge in [0.2, 0.25) is 0 Å². The maximum Gasteiger partial charge on any atom is 0.269 e. The van der Waals surface area contributed by atoms with Crippen molar-refractivity contribution in [1.82, 2.24) is 14.1 Å². The van der Waals surface area contributed by atoms with E-state index in [9.17, 15) is 0 Å². The maximum absolute atomic E-state index is 6.94. The van der Waals surface area contributed by atoms with Crippen LogP contribution < -0.4 is 35.2 Å². The first-order chi connectivity index (χ1) is 35.0. The second-order valence-electron chi connectivity index (χ2n) is 19.2. The Bertz CT molecular complexity index is 4130. The van der Waals surface area contributed by atoms with E-state index in [0.717, 1.165) is 117 Å². The van der Waals surface area contributed by atoms with Crippen LogP contribution in [0.15, 0.2) is 212 Å². The van der Waals surface area contributed by atoms with E-state index in [-0.39, 0.29) is 12.1 Å². The van der Waals surface area contributed by atoms with Crippen molar-refractivity contribution in [1.29, 1.82) is 0 Å². The number of nitrogens with zero attached hydrogens (tertiary/aromatic N) is 4. The minimum absolute atomic E-state index is 0.0379. The summed E-state index contributed by atoms with van der Waals surface area (Å²) in [6.45, 7) is 4.60. The first-order valence-electron chi connectivity index (χ1n) is 24.1. The monoisotopic (exact) mass is 912 g/mol. The molecule has 0 aliphatic carbocycles. The molecule has 0 fully saturated rings.